The number of halogens is 1. The van der Waals surface area contributed by atoms with E-state index in [1.54, 1.807) is 10.7 Å². The van der Waals surface area contributed by atoms with Crippen LogP contribution in [0, 0.1) is 0 Å². The normalized spacial score (nSPS) is 15.2. The van der Waals surface area contributed by atoms with Gasteiger partial charge in [-0.05, 0) is 28.8 Å². The zero-order valence-electron chi connectivity index (χ0n) is 9.26. The SMILES string of the molecule is Cn1nnc(Br)c1-c1cc(N)nc(C2CC2)n1. The lowest BCUT2D eigenvalue weighted by molar-refractivity contribution is 0.717. The second-order valence-electron chi connectivity index (χ2n) is 4.16. The third kappa shape index (κ3) is 1.90. The van der Waals surface area contributed by atoms with Gasteiger partial charge in [0.1, 0.15) is 17.3 Å². The number of nitrogen functional groups attached to an aromatic ring is 1. The van der Waals surface area contributed by atoms with Crippen LogP contribution in [0.1, 0.15) is 24.6 Å². The summed E-state index contributed by atoms with van der Waals surface area (Å²) in [5.74, 6) is 1.79. The molecule has 7 heteroatoms. The smallest absolute Gasteiger partial charge is 0.157 e. The van der Waals surface area contributed by atoms with Gasteiger partial charge in [-0.15, -0.1) is 5.10 Å². The molecule has 0 aromatic carbocycles. The minimum atomic E-state index is 0.470. The van der Waals surface area contributed by atoms with Gasteiger partial charge in [0, 0.05) is 19.0 Å². The zero-order valence-corrected chi connectivity index (χ0v) is 10.8. The lowest BCUT2D eigenvalue weighted by atomic mass is 10.3. The Morgan fingerprint density at radius 3 is 2.76 bits per heavy atom. The van der Waals surface area contributed by atoms with Crippen molar-refractivity contribution in [2.75, 3.05) is 5.73 Å². The predicted octanol–water partition coefficient (Wildman–Crippen LogP) is 1.49. The Kier molecular flexibility index (Phi) is 2.36. The molecule has 1 aliphatic rings. The Morgan fingerprint density at radius 1 is 1.41 bits per heavy atom. The average molecular weight is 295 g/mol. The molecule has 0 bridgehead atoms. The maximum atomic E-state index is 5.81. The Morgan fingerprint density at radius 2 is 2.18 bits per heavy atom. The van der Waals surface area contributed by atoms with Crippen molar-refractivity contribution in [3.8, 4) is 11.4 Å². The number of nitrogens with two attached hydrogens (primary N) is 1. The van der Waals surface area contributed by atoms with Crippen LogP contribution in [0.4, 0.5) is 5.82 Å². The number of aryl methyl sites for hydroxylation is 1. The number of rotatable bonds is 2. The van der Waals surface area contributed by atoms with Crippen molar-refractivity contribution in [2.45, 2.75) is 18.8 Å². The number of hydrogen-bond acceptors (Lipinski definition) is 5. The number of anilines is 1. The highest BCUT2D eigenvalue weighted by Gasteiger charge is 2.28. The Labute approximate surface area is 106 Å². The molecule has 3 rings (SSSR count). The fourth-order valence-corrected chi connectivity index (χ4v) is 2.26. The van der Waals surface area contributed by atoms with Gasteiger partial charge < -0.3 is 5.73 Å². The van der Waals surface area contributed by atoms with E-state index in [2.05, 4.69) is 36.2 Å². The summed E-state index contributed by atoms with van der Waals surface area (Å²) in [7, 11) is 1.82. The fraction of sp³-hybridized carbons (Fsp3) is 0.400. The van der Waals surface area contributed by atoms with Crippen LogP contribution in [0.2, 0.25) is 0 Å². The van der Waals surface area contributed by atoms with E-state index in [0.29, 0.717) is 16.3 Å². The van der Waals surface area contributed by atoms with E-state index < -0.39 is 0 Å². The first-order valence-electron chi connectivity index (χ1n) is 5.35. The standard InChI is InChI=1S/C10H11BrN6/c1-17-8(9(11)15-16-17)6-4-7(12)14-10(13-6)5-2-3-5/h4-5H,2-3H2,1H3,(H2,12,13,14). The maximum Gasteiger partial charge on any atom is 0.157 e. The number of nitrogens with zero attached hydrogens (tertiary/aromatic N) is 5. The Balaban J connectivity index is 2.14. The van der Waals surface area contributed by atoms with Crippen LogP contribution in [0.5, 0.6) is 0 Å². The van der Waals surface area contributed by atoms with Gasteiger partial charge in [-0.3, -0.25) is 0 Å². The van der Waals surface area contributed by atoms with Gasteiger partial charge >= 0.3 is 0 Å². The molecule has 6 nitrogen and oxygen atoms in total. The van der Waals surface area contributed by atoms with E-state index >= 15 is 0 Å². The zero-order chi connectivity index (χ0) is 12.0. The quantitative estimate of drug-likeness (QED) is 0.907. The molecule has 1 fully saturated rings. The molecule has 0 atom stereocenters. The molecule has 17 heavy (non-hydrogen) atoms. The molecule has 2 N–H and O–H groups in total. The summed E-state index contributed by atoms with van der Waals surface area (Å²) in [6, 6.07) is 1.75. The van der Waals surface area contributed by atoms with Crippen molar-refractivity contribution in [3.63, 3.8) is 0 Å². The van der Waals surface area contributed by atoms with E-state index in [1.807, 2.05) is 7.05 Å². The minimum Gasteiger partial charge on any atom is -0.384 e. The molecule has 2 heterocycles. The number of aromatic nitrogens is 5. The molecule has 0 spiro atoms. The van der Waals surface area contributed by atoms with Gasteiger partial charge in [0.05, 0.1) is 5.69 Å². The van der Waals surface area contributed by atoms with Gasteiger partial charge in [-0.25, -0.2) is 14.6 Å². The highest BCUT2D eigenvalue weighted by molar-refractivity contribution is 9.10. The van der Waals surface area contributed by atoms with E-state index in [4.69, 9.17) is 5.73 Å². The molecule has 0 amide bonds. The van der Waals surface area contributed by atoms with Gasteiger partial charge in [-0.2, -0.15) is 0 Å². The highest BCUT2D eigenvalue weighted by atomic mass is 79.9. The molecule has 1 saturated carbocycles. The van der Waals surface area contributed by atoms with Crippen LogP contribution in [-0.2, 0) is 7.05 Å². The van der Waals surface area contributed by atoms with Crippen LogP contribution in [0.3, 0.4) is 0 Å². The third-order valence-electron chi connectivity index (χ3n) is 2.73. The summed E-state index contributed by atoms with van der Waals surface area (Å²) in [6.07, 6.45) is 2.29. The van der Waals surface area contributed by atoms with Crippen LogP contribution in [0.15, 0.2) is 10.7 Å². The van der Waals surface area contributed by atoms with Crippen LogP contribution in [0.25, 0.3) is 11.4 Å². The van der Waals surface area contributed by atoms with Gasteiger partial charge in [-0.1, -0.05) is 5.21 Å². The largest absolute Gasteiger partial charge is 0.384 e. The summed E-state index contributed by atoms with van der Waals surface area (Å²) < 4.78 is 2.34. The molecule has 0 radical (unpaired) electrons. The van der Waals surface area contributed by atoms with E-state index in [-0.39, 0.29) is 0 Å². The molecule has 1 aliphatic carbocycles. The molecule has 2 aromatic rings. The first-order valence-corrected chi connectivity index (χ1v) is 6.14. The van der Waals surface area contributed by atoms with Crippen molar-refractivity contribution < 1.29 is 0 Å². The second kappa shape index (κ2) is 3.76. The Bertz CT molecular complexity index is 555. The molecule has 0 aliphatic heterocycles. The summed E-state index contributed by atoms with van der Waals surface area (Å²) in [4.78, 5) is 8.80. The highest BCUT2D eigenvalue weighted by Crippen LogP contribution is 2.39. The molecule has 2 aromatic heterocycles. The van der Waals surface area contributed by atoms with Crippen molar-refractivity contribution in [2.24, 2.45) is 7.05 Å². The molecule has 0 saturated heterocycles. The molecule has 88 valence electrons. The van der Waals surface area contributed by atoms with E-state index in [0.717, 1.165) is 30.1 Å². The van der Waals surface area contributed by atoms with Crippen LogP contribution in [-0.4, -0.2) is 25.0 Å². The van der Waals surface area contributed by atoms with Crippen LogP contribution < -0.4 is 5.73 Å². The first kappa shape index (κ1) is 10.6. The lowest BCUT2D eigenvalue weighted by Crippen LogP contribution is -2.02. The lowest BCUT2D eigenvalue weighted by Gasteiger charge is -2.05. The van der Waals surface area contributed by atoms with Crippen molar-refractivity contribution in [3.05, 3.63) is 16.5 Å². The summed E-state index contributed by atoms with van der Waals surface area (Å²) in [5.41, 5.74) is 7.40. The van der Waals surface area contributed by atoms with Gasteiger partial charge in [0.25, 0.3) is 0 Å². The van der Waals surface area contributed by atoms with E-state index in [1.165, 1.54) is 0 Å². The summed E-state index contributed by atoms with van der Waals surface area (Å²) in [5, 5.41) is 7.87. The van der Waals surface area contributed by atoms with Crippen molar-refractivity contribution in [1.82, 2.24) is 25.0 Å². The summed E-state index contributed by atoms with van der Waals surface area (Å²) in [6.45, 7) is 0. The second-order valence-corrected chi connectivity index (χ2v) is 4.91. The predicted molar refractivity (Wildman–Crippen MR) is 66.1 cm³/mol. The Hall–Kier alpha value is -1.50. The molecule has 0 unspecified atom stereocenters. The van der Waals surface area contributed by atoms with Crippen LogP contribution >= 0.6 is 15.9 Å². The molecular weight excluding hydrogens is 284 g/mol. The fourth-order valence-electron chi connectivity index (χ4n) is 1.73. The first-order chi connectivity index (χ1) is 8.15. The van der Waals surface area contributed by atoms with Gasteiger partial charge in [0.15, 0.2) is 4.60 Å². The minimum absolute atomic E-state index is 0.470. The third-order valence-corrected chi connectivity index (χ3v) is 3.27. The van der Waals surface area contributed by atoms with Crippen molar-refractivity contribution >= 4 is 21.7 Å². The average Bonchev–Trinajstić information content (AvgIpc) is 3.05. The van der Waals surface area contributed by atoms with Gasteiger partial charge in [0.2, 0.25) is 0 Å². The molecular formula is C10H11BrN6. The van der Waals surface area contributed by atoms with Crippen molar-refractivity contribution in [1.29, 1.82) is 0 Å². The summed E-state index contributed by atoms with van der Waals surface area (Å²) >= 11 is 3.36. The topological polar surface area (TPSA) is 82.5 Å². The maximum absolute atomic E-state index is 5.81. The van der Waals surface area contributed by atoms with E-state index in [9.17, 15) is 0 Å². The number of hydrogen-bond donors (Lipinski definition) is 1. The monoisotopic (exact) mass is 294 g/mol.